The first-order valence-electron chi connectivity index (χ1n) is 14.4. The Kier molecular flexibility index (Phi) is 9.79. The Morgan fingerprint density at radius 3 is 2.38 bits per heavy atom. The minimum atomic E-state index is -0.210. The number of carbonyl (C=O) groups is 2. The second-order valence-corrected chi connectivity index (χ2v) is 10.9. The summed E-state index contributed by atoms with van der Waals surface area (Å²) in [4.78, 5) is 31.7. The molecule has 37 heavy (non-hydrogen) atoms. The minimum Gasteiger partial charge on any atom is -0.369 e. The van der Waals surface area contributed by atoms with Crippen LogP contribution in [0.4, 0.5) is 5.69 Å². The van der Waals surface area contributed by atoms with Crippen molar-refractivity contribution >= 4 is 17.4 Å². The zero-order valence-electron chi connectivity index (χ0n) is 23.0. The number of carbonyl (C=O) groups excluding carboxylic acids is 2. The average molecular weight is 504 g/mol. The van der Waals surface area contributed by atoms with E-state index < -0.39 is 0 Å². The normalized spacial score (nSPS) is 20.0. The van der Waals surface area contributed by atoms with E-state index in [1.54, 1.807) is 0 Å². The Morgan fingerprint density at radius 1 is 0.973 bits per heavy atom. The minimum absolute atomic E-state index is 0.161. The number of nitrogens with zero attached hydrogens (tertiary/aromatic N) is 2. The van der Waals surface area contributed by atoms with Crippen molar-refractivity contribution in [1.82, 2.24) is 10.2 Å². The van der Waals surface area contributed by atoms with Gasteiger partial charge in [-0.15, -0.1) is 0 Å². The summed E-state index contributed by atoms with van der Waals surface area (Å²) in [5.74, 6) is 0.528. The predicted molar refractivity (Wildman–Crippen MR) is 153 cm³/mol. The van der Waals surface area contributed by atoms with E-state index in [4.69, 9.17) is 0 Å². The monoisotopic (exact) mass is 503 g/mol. The second-order valence-electron chi connectivity index (χ2n) is 10.9. The summed E-state index contributed by atoms with van der Waals surface area (Å²) in [6.45, 7) is 6.62. The van der Waals surface area contributed by atoms with E-state index in [-0.39, 0.29) is 29.7 Å². The molecule has 0 radical (unpaired) electrons. The molecule has 1 amide bonds. The molecule has 2 aromatic carbocycles. The summed E-state index contributed by atoms with van der Waals surface area (Å²) in [5, 5.41) is 3.08. The van der Waals surface area contributed by atoms with Gasteiger partial charge in [0.05, 0.1) is 6.04 Å². The van der Waals surface area contributed by atoms with Gasteiger partial charge in [0.25, 0.3) is 0 Å². The Labute approximate surface area is 223 Å². The van der Waals surface area contributed by atoms with Crippen LogP contribution in [0.5, 0.6) is 0 Å². The summed E-state index contributed by atoms with van der Waals surface area (Å²) >= 11 is 0. The fourth-order valence-electron chi connectivity index (χ4n) is 6.34. The van der Waals surface area contributed by atoms with E-state index in [2.05, 4.69) is 76.6 Å². The molecule has 200 valence electrons. The van der Waals surface area contributed by atoms with Crippen LogP contribution in [0.1, 0.15) is 65.2 Å². The molecule has 1 aliphatic heterocycles. The molecule has 0 aromatic heterocycles. The van der Waals surface area contributed by atoms with Crippen molar-refractivity contribution in [1.29, 1.82) is 0 Å². The first kappa shape index (κ1) is 27.4. The number of rotatable bonds is 11. The zero-order chi connectivity index (χ0) is 26.2. The van der Waals surface area contributed by atoms with Crippen molar-refractivity contribution in [3.8, 4) is 11.1 Å². The molecule has 4 rings (SSSR count). The van der Waals surface area contributed by atoms with Crippen LogP contribution in [0.25, 0.3) is 11.1 Å². The number of para-hydroxylation sites is 1. The van der Waals surface area contributed by atoms with E-state index in [0.29, 0.717) is 12.3 Å². The highest BCUT2D eigenvalue weighted by molar-refractivity contribution is 5.90. The molecule has 5 nitrogen and oxygen atoms in total. The van der Waals surface area contributed by atoms with Crippen molar-refractivity contribution < 1.29 is 9.59 Å². The SMILES string of the molecule is CCN(C[C@@H]1CCCN1C(=O)[C@@H](CC(=O)[C@H](C)NC)C1CCCCC1)c1ccccc1-c1ccccc1. The number of hydrogen-bond acceptors (Lipinski definition) is 4. The Bertz CT molecular complexity index is 1020. The highest BCUT2D eigenvalue weighted by atomic mass is 16.2. The highest BCUT2D eigenvalue weighted by Gasteiger charge is 2.39. The Balaban J connectivity index is 1.54. The third-order valence-corrected chi connectivity index (χ3v) is 8.68. The average Bonchev–Trinajstić information content (AvgIpc) is 3.43. The standard InChI is InChI=1S/C32H45N3O2/c1-4-34(30-20-12-11-19-28(30)25-14-7-5-8-15-25)23-27-18-13-21-35(27)32(37)29(22-31(36)24(2)33-3)26-16-9-6-10-17-26/h5,7-8,11-12,14-15,19-20,24,26-27,29,33H,4,6,9-10,13,16-18,21-23H2,1-3H3/t24-,27-,29-/m0/s1. The van der Waals surface area contributed by atoms with Crippen molar-refractivity contribution in [2.45, 2.75) is 77.3 Å². The molecule has 1 heterocycles. The summed E-state index contributed by atoms with van der Waals surface area (Å²) in [6.07, 6.45) is 8.16. The number of likely N-dealkylation sites (tertiary alicyclic amines) is 1. The maximum Gasteiger partial charge on any atom is 0.226 e. The molecule has 2 aromatic rings. The van der Waals surface area contributed by atoms with Crippen LogP contribution in [-0.2, 0) is 9.59 Å². The number of amides is 1. The summed E-state index contributed by atoms with van der Waals surface area (Å²) in [7, 11) is 1.82. The first-order valence-corrected chi connectivity index (χ1v) is 14.4. The van der Waals surface area contributed by atoms with Crippen molar-refractivity contribution in [3.05, 3.63) is 54.6 Å². The largest absolute Gasteiger partial charge is 0.369 e. The number of benzene rings is 2. The van der Waals surface area contributed by atoms with Crippen LogP contribution in [0.2, 0.25) is 0 Å². The predicted octanol–water partition coefficient (Wildman–Crippen LogP) is 5.93. The number of hydrogen-bond donors (Lipinski definition) is 1. The van der Waals surface area contributed by atoms with Gasteiger partial charge in [-0.3, -0.25) is 9.59 Å². The molecule has 5 heteroatoms. The Morgan fingerprint density at radius 2 is 1.68 bits per heavy atom. The van der Waals surface area contributed by atoms with Crippen molar-refractivity contribution in [2.24, 2.45) is 11.8 Å². The quantitative estimate of drug-likeness (QED) is 0.413. The van der Waals surface area contributed by atoms with Crippen molar-refractivity contribution in [3.63, 3.8) is 0 Å². The van der Waals surface area contributed by atoms with Gasteiger partial charge < -0.3 is 15.1 Å². The van der Waals surface area contributed by atoms with Gasteiger partial charge in [0.2, 0.25) is 5.91 Å². The smallest absolute Gasteiger partial charge is 0.226 e. The van der Waals surface area contributed by atoms with Gasteiger partial charge >= 0.3 is 0 Å². The topological polar surface area (TPSA) is 52.7 Å². The lowest BCUT2D eigenvalue weighted by atomic mass is 9.76. The number of likely N-dealkylation sites (N-methyl/N-ethyl adjacent to an activating group) is 2. The maximum absolute atomic E-state index is 14.1. The lowest BCUT2D eigenvalue weighted by Crippen LogP contribution is -2.48. The molecule has 3 atom stereocenters. The number of ketones is 1. The lowest BCUT2D eigenvalue weighted by molar-refractivity contribution is -0.141. The number of nitrogens with one attached hydrogen (secondary N) is 1. The molecule has 1 saturated carbocycles. The van der Waals surface area contributed by atoms with Crippen LogP contribution in [0, 0.1) is 11.8 Å². The fraction of sp³-hybridized carbons (Fsp3) is 0.562. The van der Waals surface area contributed by atoms with Crippen LogP contribution in [0.3, 0.4) is 0 Å². The van der Waals surface area contributed by atoms with E-state index in [0.717, 1.165) is 45.3 Å². The maximum atomic E-state index is 14.1. The highest BCUT2D eigenvalue weighted by Crippen LogP contribution is 2.36. The molecule has 1 N–H and O–H groups in total. The molecule has 2 aliphatic rings. The van der Waals surface area contributed by atoms with E-state index >= 15 is 0 Å². The molecule has 0 unspecified atom stereocenters. The molecule has 2 fully saturated rings. The van der Waals surface area contributed by atoms with Gasteiger partial charge in [-0.2, -0.15) is 0 Å². The van der Waals surface area contributed by atoms with Crippen molar-refractivity contribution in [2.75, 3.05) is 31.6 Å². The molecular formula is C32H45N3O2. The molecule has 1 saturated heterocycles. The second kappa shape index (κ2) is 13.2. The van der Waals surface area contributed by atoms with Crippen LogP contribution in [0.15, 0.2) is 54.6 Å². The Hall–Kier alpha value is -2.66. The molecule has 1 aliphatic carbocycles. The molecular weight excluding hydrogens is 458 g/mol. The van der Waals surface area contributed by atoms with Gasteiger partial charge in [-0.05, 0) is 64.1 Å². The third kappa shape index (κ3) is 6.62. The van der Waals surface area contributed by atoms with E-state index in [9.17, 15) is 9.59 Å². The number of anilines is 1. The summed E-state index contributed by atoms with van der Waals surface area (Å²) in [5.41, 5.74) is 3.66. The van der Waals surface area contributed by atoms with Crippen LogP contribution >= 0.6 is 0 Å². The fourth-order valence-corrected chi connectivity index (χ4v) is 6.34. The molecule has 0 bridgehead atoms. The van der Waals surface area contributed by atoms with Crippen LogP contribution in [-0.4, -0.2) is 55.4 Å². The number of Topliss-reactive ketones (excluding diaryl/α,β-unsaturated/α-hetero) is 1. The summed E-state index contributed by atoms with van der Waals surface area (Å²) < 4.78 is 0. The van der Waals surface area contributed by atoms with E-state index in [1.165, 1.54) is 36.1 Å². The lowest BCUT2D eigenvalue weighted by Gasteiger charge is -2.37. The van der Waals surface area contributed by atoms with Crippen LogP contribution < -0.4 is 10.2 Å². The van der Waals surface area contributed by atoms with Gasteiger partial charge in [0, 0.05) is 49.3 Å². The summed E-state index contributed by atoms with van der Waals surface area (Å²) in [6, 6.07) is 19.1. The van der Waals surface area contributed by atoms with Gasteiger partial charge in [-0.1, -0.05) is 67.8 Å². The zero-order valence-corrected chi connectivity index (χ0v) is 23.0. The van der Waals surface area contributed by atoms with Gasteiger partial charge in [0.1, 0.15) is 5.78 Å². The molecule has 0 spiro atoms. The van der Waals surface area contributed by atoms with Gasteiger partial charge in [0.15, 0.2) is 0 Å². The van der Waals surface area contributed by atoms with E-state index in [1.807, 2.05) is 14.0 Å². The third-order valence-electron chi connectivity index (χ3n) is 8.68. The van der Waals surface area contributed by atoms with Gasteiger partial charge in [-0.25, -0.2) is 0 Å². The first-order chi connectivity index (χ1) is 18.0.